The number of Topliss-reactive ketones (excluding diaryl/α,β-unsaturated/α-hetero) is 1. The summed E-state index contributed by atoms with van der Waals surface area (Å²) in [5.74, 6) is -2.45. The van der Waals surface area contributed by atoms with Crippen LogP contribution in [-0.4, -0.2) is 87.2 Å². The molecule has 1 fully saturated rings. The molecule has 0 radical (unpaired) electrons. The predicted molar refractivity (Wildman–Crippen MR) is 138 cm³/mol. The first kappa shape index (κ1) is 26.8. The van der Waals surface area contributed by atoms with Gasteiger partial charge in [-0.1, -0.05) is 23.7 Å². The standard InChI is InChI=1S/C26H32ClN5O5/c1-15-5-6-16(13-18(15)27)7-10-20(33)21-22(34)24(35)32-12-11-31(17-8-9-17)14-19(23(32)28-21)30(4)26(37)25(36)29(2)3/h5-6,13,17,19,34H,7-12,14H2,1-4H3. The lowest BCUT2D eigenvalue weighted by molar-refractivity contribution is -0.151. The number of halogens is 1. The van der Waals surface area contributed by atoms with Gasteiger partial charge in [0.15, 0.2) is 11.5 Å². The molecule has 1 aliphatic heterocycles. The molecule has 2 amide bonds. The highest BCUT2D eigenvalue weighted by atomic mass is 35.5. The number of nitrogens with zero attached hydrogens (tertiary/aromatic N) is 5. The van der Waals surface area contributed by atoms with Gasteiger partial charge in [0.1, 0.15) is 11.9 Å². The number of aromatic nitrogens is 2. The summed E-state index contributed by atoms with van der Waals surface area (Å²) in [7, 11) is 4.48. The monoisotopic (exact) mass is 529 g/mol. The average molecular weight is 530 g/mol. The summed E-state index contributed by atoms with van der Waals surface area (Å²) in [5, 5.41) is 11.3. The molecule has 1 aliphatic carbocycles. The largest absolute Gasteiger partial charge is 0.501 e. The molecule has 2 aliphatic rings. The van der Waals surface area contributed by atoms with Crippen LogP contribution in [0.3, 0.4) is 0 Å². The lowest BCUT2D eigenvalue weighted by Gasteiger charge is -2.31. The molecule has 1 aromatic heterocycles. The number of aryl methyl sites for hydroxylation is 2. The molecule has 1 aromatic carbocycles. The topological polar surface area (TPSA) is 116 Å². The Bertz CT molecular complexity index is 1300. The van der Waals surface area contributed by atoms with E-state index in [1.54, 1.807) is 6.07 Å². The van der Waals surface area contributed by atoms with Crippen molar-refractivity contribution in [1.82, 2.24) is 24.3 Å². The Morgan fingerprint density at radius 3 is 2.46 bits per heavy atom. The fourth-order valence-electron chi connectivity index (χ4n) is 4.57. The van der Waals surface area contributed by atoms with E-state index < -0.39 is 34.9 Å². The number of likely N-dealkylation sites (N-methyl/N-ethyl adjacent to an activating group) is 2. The van der Waals surface area contributed by atoms with Crippen LogP contribution in [0.1, 0.15) is 52.7 Å². The quantitative estimate of drug-likeness (QED) is 0.448. The van der Waals surface area contributed by atoms with Gasteiger partial charge in [0.05, 0.1) is 0 Å². The minimum absolute atomic E-state index is 0.00952. The molecule has 2 heterocycles. The van der Waals surface area contributed by atoms with E-state index in [4.69, 9.17) is 11.6 Å². The Morgan fingerprint density at radius 1 is 1.14 bits per heavy atom. The first-order valence-electron chi connectivity index (χ1n) is 12.3. The van der Waals surface area contributed by atoms with E-state index in [0.717, 1.165) is 24.0 Å². The maximum Gasteiger partial charge on any atom is 0.312 e. The summed E-state index contributed by atoms with van der Waals surface area (Å²) in [6.07, 6.45) is 2.39. The second kappa shape index (κ2) is 10.6. The van der Waals surface area contributed by atoms with Gasteiger partial charge >= 0.3 is 11.8 Å². The minimum Gasteiger partial charge on any atom is -0.501 e. The molecule has 198 valence electrons. The van der Waals surface area contributed by atoms with Crippen molar-refractivity contribution in [3.05, 3.63) is 56.2 Å². The average Bonchev–Trinajstić information content (AvgIpc) is 3.72. The van der Waals surface area contributed by atoms with Crippen LogP contribution in [0.4, 0.5) is 0 Å². The van der Waals surface area contributed by atoms with Crippen molar-refractivity contribution in [2.45, 2.75) is 51.2 Å². The number of fused-ring (bicyclic) bond motifs is 1. The Hall–Kier alpha value is -3.24. The first-order valence-corrected chi connectivity index (χ1v) is 12.7. The van der Waals surface area contributed by atoms with E-state index in [-0.39, 0.29) is 24.5 Å². The van der Waals surface area contributed by atoms with Gasteiger partial charge in [0.2, 0.25) is 5.75 Å². The molecular formula is C26H32ClN5O5. The van der Waals surface area contributed by atoms with Crippen molar-refractivity contribution in [3.8, 4) is 5.75 Å². The van der Waals surface area contributed by atoms with E-state index in [1.165, 1.54) is 35.5 Å². The van der Waals surface area contributed by atoms with Crippen molar-refractivity contribution in [2.24, 2.45) is 0 Å². The van der Waals surface area contributed by atoms with Gasteiger partial charge in [-0.15, -0.1) is 0 Å². The van der Waals surface area contributed by atoms with Crippen molar-refractivity contribution >= 4 is 29.2 Å². The van der Waals surface area contributed by atoms with E-state index in [2.05, 4.69) is 9.88 Å². The third kappa shape index (κ3) is 5.55. The number of aromatic hydroxyl groups is 1. The van der Waals surface area contributed by atoms with Crippen LogP contribution in [0.25, 0.3) is 0 Å². The highest BCUT2D eigenvalue weighted by molar-refractivity contribution is 6.34. The number of amides is 2. The summed E-state index contributed by atoms with van der Waals surface area (Å²) in [6, 6.07) is 5.10. The smallest absolute Gasteiger partial charge is 0.312 e. The van der Waals surface area contributed by atoms with Crippen molar-refractivity contribution < 1.29 is 19.5 Å². The molecule has 4 rings (SSSR count). The molecule has 10 nitrogen and oxygen atoms in total. The van der Waals surface area contributed by atoms with Crippen LogP contribution < -0.4 is 5.56 Å². The number of hydrogen-bond donors (Lipinski definition) is 1. The molecular weight excluding hydrogens is 498 g/mol. The Balaban J connectivity index is 1.69. The van der Waals surface area contributed by atoms with Crippen molar-refractivity contribution in [3.63, 3.8) is 0 Å². The number of benzene rings is 1. The SMILES string of the molecule is Cc1ccc(CCC(=O)c2nc3n(c(=O)c2O)CCN(C2CC2)CC3N(C)C(=O)C(=O)N(C)C)cc1Cl. The Labute approximate surface area is 220 Å². The molecule has 37 heavy (non-hydrogen) atoms. The van der Waals surface area contributed by atoms with Gasteiger partial charge in [-0.3, -0.25) is 28.6 Å². The normalized spacial score (nSPS) is 17.6. The Kier molecular flexibility index (Phi) is 7.70. The first-order chi connectivity index (χ1) is 17.5. The number of carbonyl (C=O) groups is 3. The van der Waals surface area contributed by atoms with Crippen LogP contribution in [0.5, 0.6) is 5.75 Å². The van der Waals surface area contributed by atoms with E-state index in [0.29, 0.717) is 30.6 Å². The lowest BCUT2D eigenvalue weighted by Crippen LogP contribution is -2.46. The maximum absolute atomic E-state index is 13.2. The second-order valence-electron chi connectivity index (χ2n) is 9.99. The predicted octanol–water partition coefficient (Wildman–Crippen LogP) is 1.79. The number of ketones is 1. The highest BCUT2D eigenvalue weighted by Crippen LogP contribution is 2.32. The van der Waals surface area contributed by atoms with E-state index in [1.807, 2.05) is 19.1 Å². The van der Waals surface area contributed by atoms with Crippen LogP contribution in [0.15, 0.2) is 23.0 Å². The van der Waals surface area contributed by atoms with Gasteiger partial charge in [-0.05, 0) is 43.4 Å². The zero-order valence-electron chi connectivity index (χ0n) is 21.5. The lowest BCUT2D eigenvalue weighted by atomic mass is 10.0. The molecule has 2 aromatic rings. The summed E-state index contributed by atoms with van der Waals surface area (Å²) in [6.45, 7) is 3.03. The molecule has 1 saturated carbocycles. The van der Waals surface area contributed by atoms with Crippen LogP contribution >= 0.6 is 11.6 Å². The highest BCUT2D eigenvalue weighted by Gasteiger charge is 2.39. The number of hydrogen-bond acceptors (Lipinski definition) is 7. The van der Waals surface area contributed by atoms with Gasteiger partial charge in [0.25, 0.3) is 5.56 Å². The van der Waals surface area contributed by atoms with E-state index in [9.17, 15) is 24.3 Å². The Morgan fingerprint density at radius 2 is 1.84 bits per heavy atom. The van der Waals surface area contributed by atoms with Crippen molar-refractivity contribution in [2.75, 3.05) is 34.2 Å². The molecule has 0 saturated heterocycles. The zero-order valence-corrected chi connectivity index (χ0v) is 22.3. The fraction of sp³-hybridized carbons (Fsp3) is 0.500. The number of rotatable bonds is 6. The molecule has 1 atom stereocenters. The van der Waals surface area contributed by atoms with Crippen molar-refractivity contribution in [1.29, 1.82) is 0 Å². The van der Waals surface area contributed by atoms with Gasteiger partial charge in [-0.25, -0.2) is 4.98 Å². The van der Waals surface area contributed by atoms with Crippen LogP contribution in [0, 0.1) is 6.92 Å². The third-order valence-electron chi connectivity index (χ3n) is 7.07. The van der Waals surface area contributed by atoms with Gasteiger partial charge in [0, 0.05) is 58.3 Å². The van der Waals surface area contributed by atoms with E-state index >= 15 is 0 Å². The molecule has 11 heteroatoms. The molecule has 1 unspecified atom stereocenters. The summed E-state index contributed by atoms with van der Waals surface area (Å²) >= 11 is 6.19. The zero-order chi connectivity index (χ0) is 27.0. The molecule has 0 spiro atoms. The summed E-state index contributed by atoms with van der Waals surface area (Å²) < 4.78 is 1.32. The maximum atomic E-state index is 13.2. The third-order valence-corrected chi connectivity index (χ3v) is 7.48. The molecule has 1 N–H and O–H groups in total. The van der Waals surface area contributed by atoms with Gasteiger partial charge < -0.3 is 14.9 Å². The van der Waals surface area contributed by atoms with Crippen LogP contribution in [0.2, 0.25) is 5.02 Å². The second-order valence-corrected chi connectivity index (χ2v) is 10.4. The van der Waals surface area contributed by atoms with Gasteiger partial charge in [-0.2, -0.15) is 0 Å². The minimum atomic E-state index is -0.754. The summed E-state index contributed by atoms with van der Waals surface area (Å²) in [5.41, 5.74) is 0.723. The molecule has 0 bridgehead atoms. The summed E-state index contributed by atoms with van der Waals surface area (Å²) in [4.78, 5) is 60.9. The number of carbonyl (C=O) groups excluding carboxylic acids is 3. The van der Waals surface area contributed by atoms with Crippen LogP contribution in [-0.2, 0) is 22.6 Å². The fourth-order valence-corrected chi connectivity index (χ4v) is 4.77.